The lowest BCUT2D eigenvalue weighted by Crippen LogP contribution is -2.30. The standard InChI is InChI=1S/C23H29NO4S/c1-6-27-23(26)20-17-9-7-14(3)12-19(17)29-22(20)24-21(25)16(5)28-18-10-8-13(2)11-15(18)4/h8,10-11,14,16H,6-7,9,12H2,1-5H3,(H,24,25)/t14-,16-/m0/s1. The molecule has 0 saturated carbocycles. The number of hydrogen-bond acceptors (Lipinski definition) is 5. The first kappa shape index (κ1) is 21.4. The molecule has 1 aliphatic carbocycles. The van der Waals surface area contributed by atoms with E-state index in [1.54, 1.807) is 13.8 Å². The van der Waals surface area contributed by atoms with E-state index in [1.807, 2.05) is 32.0 Å². The Labute approximate surface area is 176 Å². The third-order valence-electron chi connectivity index (χ3n) is 5.23. The molecule has 0 unspecified atom stereocenters. The first-order valence-corrected chi connectivity index (χ1v) is 11.0. The van der Waals surface area contributed by atoms with Gasteiger partial charge in [-0.1, -0.05) is 24.6 Å². The summed E-state index contributed by atoms with van der Waals surface area (Å²) in [5, 5.41) is 3.50. The van der Waals surface area contributed by atoms with Crippen molar-refractivity contribution in [3.63, 3.8) is 0 Å². The fourth-order valence-electron chi connectivity index (χ4n) is 3.65. The maximum Gasteiger partial charge on any atom is 0.341 e. The summed E-state index contributed by atoms with van der Waals surface area (Å²) in [6.07, 6.45) is 2.11. The van der Waals surface area contributed by atoms with E-state index in [9.17, 15) is 9.59 Å². The number of nitrogens with one attached hydrogen (secondary N) is 1. The van der Waals surface area contributed by atoms with Gasteiger partial charge in [-0.15, -0.1) is 11.3 Å². The highest BCUT2D eigenvalue weighted by Gasteiger charge is 2.30. The summed E-state index contributed by atoms with van der Waals surface area (Å²) in [5.74, 6) is 0.620. The molecule has 3 rings (SSSR count). The Morgan fingerprint density at radius 1 is 1.31 bits per heavy atom. The molecule has 2 aromatic rings. The number of carbonyl (C=O) groups is 2. The number of carbonyl (C=O) groups excluding carboxylic acids is 2. The zero-order chi connectivity index (χ0) is 21.1. The number of fused-ring (bicyclic) bond motifs is 1. The minimum atomic E-state index is -0.690. The molecule has 1 aromatic heterocycles. The number of anilines is 1. The van der Waals surface area contributed by atoms with Crippen molar-refractivity contribution in [1.29, 1.82) is 0 Å². The molecule has 1 aromatic carbocycles. The molecule has 6 heteroatoms. The van der Waals surface area contributed by atoms with Gasteiger partial charge < -0.3 is 14.8 Å². The molecule has 0 saturated heterocycles. The van der Waals surface area contributed by atoms with Crippen LogP contribution in [-0.4, -0.2) is 24.6 Å². The molecule has 1 aliphatic rings. The van der Waals surface area contributed by atoms with Crippen LogP contribution >= 0.6 is 11.3 Å². The number of esters is 1. The maximum absolute atomic E-state index is 12.8. The van der Waals surface area contributed by atoms with Gasteiger partial charge in [0.05, 0.1) is 12.2 Å². The Morgan fingerprint density at radius 3 is 2.76 bits per heavy atom. The molecule has 0 spiro atoms. The predicted octanol–water partition coefficient (Wildman–Crippen LogP) is 5.07. The van der Waals surface area contributed by atoms with Crippen LogP contribution in [0.25, 0.3) is 0 Å². The number of rotatable bonds is 6. The number of thiophene rings is 1. The highest BCUT2D eigenvalue weighted by molar-refractivity contribution is 7.17. The van der Waals surface area contributed by atoms with Gasteiger partial charge in [-0.2, -0.15) is 0 Å². The summed E-state index contributed by atoms with van der Waals surface area (Å²) in [6.45, 7) is 10.00. The van der Waals surface area contributed by atoms with E-state index in [1.165, 1.54) is 16.2 Å². The number of benzene rings is 1. The van der Waals surface area contributed by atoms with Crippen molar-refractivity contribution in [2.75, 3.05) is 11.9 Å². The first-order valence-electron chi connectivity index (χ1n) is 10.2. The summed E-state index contributed by atoms with van der Waals surface area (Å²) in [7, 11) is 0. The van der Waals surface area contributed by atoms with Crippen LogP contribution < -0.4 is 10.1 Å². The van der Waals surface area contributed by atoms with Gasteiger partial charge in [-0.25, -0.2) is 4.79 Å². The zero-order valence-electron chi connectivity index (χ0n) is 17.8. The van der Waals surface area contributed by atoms with Gasteiger partial charge in [0.1, 0.15) is 10.8 Å². The molecule has 1 heterocycles. The number of hydrogen-bond donors (Lipinski definition) is 1. The van der Waals surface area contributed by atoms with Crippen LogP contribution in [0.5, 0.6) is 5.75 Å². The van der Waals surface area contributed by atoms with Gasteiger partial charge in [0.2, 0.25) is 0 Å². The molecule has 0 radical (unpaired) electrons. The van der Waals surface area contributed by atoms with Crippen LogP contribution in [0, 0.1) is 19.8 Å². The van der Waals surface area contributed by atoms with Gasteiger partial charge in [0, 0.05) is 4.88 Å². The average Bonchev–Trinajstić information content (AvgIpc) is 3.00. The molecule has 29 heavy (non-hydrogen) atoms. The second kappa shape index (κ2) is 8.99. The highest BCUT2D eigenvalue weighted by Crippen LogP contribution is 2.40. The van der Waals surface area contributed by atoms with E-state index in [0.29, 0.717) is 28.8 Å². The van der Waals surface area contributed by atoms with E-state index >= 15 is 0 Å². The number of ether oxygens (including phenoxy) is 2. The molecular weight excluding hydrogens is 386 g/mol. The Morgan fingerprint density at radius 2 is 2.07 bits per heavy atom. The Bertz CT molecular complexity index is 918. The zero-order valence-corrected chi connectivity index (χ0v) is 18.6. The molecule has 0 aliphatic heterocycles. The molecule has 156 valence electrons. The van der Waals surface area contributed by atoms with Crippen molar-refractivity contribution in [1.82, 2.24) is 0 Å². The van der Waals surface area contributed by atoms with Crippen molar-refractivity contribution in [3.8, 4) is 5.75 Å². The lowest BCUT2D eigenvalue weighted by molar-refractivity contribution is -0.122. The largest absolute Gasteiger partial charge is 0.481 e. The van der Waals surface area contributed by atoms with E-state index in [0.717, 1.165) is 36.0 Å². The van der Waals surface area contributed by atoms with Crippen LogP contribution in [0.2, 0.25) is 0 Å². The lowest BCUT2D eigenvalue weighted by atomic mass is 9.88. The van der Waals surface area contributed by atoms with Crippen LogP contribution in [0.15, 0.2) is 18.2 Å². The quantitative estimate of drug-likeness (QED) is 0.669. The summed E-state index contributed by atoms with van der Waals surface area (Å²) >= 11 is 1.49. The minimum Gasteiger partial charge on any atom is -0.481 e. The van der Waals surface area contributed by atoms with E-state index in [4.69, 9.17) is 9.47 Å². The SMILES string of the molecule is CCOC(=O)c1c(NC(=O)[C@H](C)Oc2ccc(C)cc2C)sc2c1CC[C@H](C)C2. The summed E-state index contributed by atoms with van der Waals surface area (Å²) in [6, 6.07) is 5.86. The van der Waals surface area contributed by atoms with Crippen LogP contribution in [-0.2, 0) is 22.4 Å². The third kappa shape index (κ3) is 4.81. The normalized spacial score (nSPS) is 16.7. The van der Waals surface area contributed by atoms with Crippen molar-refractivity contribution in [3.05, 3.63) is 45.3 Å². The number of aryl methyl sites for hydroxylation is 2. The van der Waals surface area contributed by atoms with Crippen LogP contribution in [0.4, 0.5) is 5.00 Å². The van der Waals surface area contributed by atoms with Gasteiger partial charge in [0.15, 0.2) is 6.10 Å². The molecule has 1 amide bonds. The predicted molar refractivity (Wildman–Crippen MR) is 116 cm³/mol. The lowest BCUT2D eigenvalue weighted by Gasteiger charge is -2.18. The fraction of sp³-hybridized carbons (Fsp3) is 0.478. The van der Waals surface area contributed by atoms with Crippen molar-refractivity contribution in [2.24, 2.45) is 5.92 Å². The van der Waals surface area contributed by atoms with Crippen molar-refractivity contribution < 1.29 is 19.1 Å². The minimum absolute atomic E-state index is 0.276. The monoisotopic (exact) mass is 415 g/mol. The second-order valence-corrected chi connectivity index (χ2v) is 8.90. The summed E-state index contributed by atoms with van der Waals surface area (Å²) < 4.78 is 11.1. The number of amides is 1. The van der Waals surface area contributed by atoms with E-state index in [-0.39, 0.29) is 11.9 Å². The summed E-state index contributed by atoms with van der Waals surface area (Å²) in [4.78, 5) is 26.6. The Hall–Kier alpha value is -2.34. The third-order valence-corrected chi connectivity index (χ3v) is 6.40. The Balaban J connectivity index is 1.81. The van der Waals surface area contributed by atoms with Gasteiger partial charge in [-0.3, -0.25) is 4.79 Å². The summed E-state index contributed by atoms with van der Waals surface area (Å²) in [5.41, 5.74) is 3.68. The second-order valence-electron chi connectivity index (χ2n) is 7.79. The smallest absolute Gasteiger partial charge is 0.341 e. The molecule has 2 atom stereocenters. The Kier molecular flexibility index (Phi) is 6.63. The maximum atomic E-state index is 12.8. The molecule has 5 nitrogen and oxygen atoms in total. The molecule has 0 fully saturated rings. The van der Waals surface area contributed by atoms with Gasteiger partial charge in [-0.05, 0) is 70.1 Å². The van der Waals surface area contributed by atoms with E-state index < -0.39 is 6.10 Å². The van der Waals surface area contributed by atoms with Gasteiger partial charge >= 0.3 is 5.97 Å². The average molecular weight is 416 g/mol. The van der Waals surface area contributed by atoms with E-state index in [2.05, 4.69) is 12.2 Å². The molecular formula is C23H29NO4S. The van der Waals surface area contributed by atoms with Crippen LogP contribution in [0.3, 0.4) is 0 Å². The topological polar surface area (TPSA) is 64.6 Å². The highest BCUT2D eigenvalue weighted by atomic mass is 32.1. The molecule has 0 bridgehead atoms. The van der Waals surface area contributed by atoms with Crippen molar-refractivity contribution >= 4 is 28.2 Å². The van der Waals surface area contributed by atoms with Crippen LogP contribution in [0.1, 0.15) is 59.1 Å². The van der Waals surface area contributed by atoms with Crippen molar-refractivity contribution in [2.45, 2.75) is 60.0 Å². The fourth-order valence-corrected chi connectivity index (χ4v) is 5.05. The first-order chi connectivity index (χ1) is 13.8. The van der Waals surface area contributed by atoms with Gasteiger partial charge in [0.25, 0.3) is 5.91 Å². The molecule has 1 N–H and O–H groups in total.